The molecule has 2 nitrogen and oxygen atoms in total. The Morgan fingerprint density at radius 2 is 2.38 bits per heavy atom. The first-order valence-electron chi connectivity index (χ1n) is 2.88. The van der Waals surface area contributed by atoms with E-state index in [4.69, 9.17) is 0 Å². The summed E-state index contributed by atoms with van der Waals surface area (Å²) >= 11 is 0. The van der Waals surface area contributed by atoms with Gasteiger partial charge in [0, 0.05) is 20.1 Å². The van der Waals surface area contributed by atoms with Crippen LogP contribution < -0.4 is 0 Å². The normalized spacial score (nSPS) is 40.9. The summed E-state index contributed by atoms with van der Waals surface area (Å²) < 4.78 is 0. The molecular formula is C6H12NO. The van der Waals surface area contributed by atoms with Crippen molar-refractivity contribution in [3.8, 4) is 0 Å². The highest BCUT2D eigenvalue weighted by Crippen LogP contribution is 2.18. The lowest BCUT2D eigenvalue weighted by atomic mass is 10.1. The molecule has 0 aliphatic carbocycles. The summed E-state index contributed by atoms with van der Waals surface area (Å²) in [5, 5.41) is 9.28. The SMILES string of the molecule is [CH2]N1CC[C@](C)(O)C1. The molecule has 1 radical (unpaired) electrons. The largest absolute Gasteiger partial charge is 0.389 e. The van der Waals surface area contributed by atoms with Gasteiger partial charge < -0.3 is 5.11 Å². The zero-order valence-electron chi connectivity index (χ0n) is 5.22. The van der Waals surface area contributed by atoms with Gasteiger partial charge in [-0.2, -0.15) is 0 Å². The summed E-state index contributed by atoms with van der Waals surface area (Å²) in [5.74, 6) is 0. The highest BCUT2D eigenvalue weighted by molar-refractivity contribution is 4.85. The van der Waals surface area contributed by atoms with Crippen LogP contribution in [0.25, 0.3) is 0 Å². The summed E-state index contributed by atoms with van der Waals surface area (Å²) in [5.41, 5.74) is -0.470. The predicted molar refractivity (Wildman–Crippen MR) is 32.2 cm³/mol. The lowest BCUT2D eigenvalue weighted by Gasteiger charge is -2.14. The summed E-state index contributed by atoms with van der Waals surface area (Å²) in [6.45, 7) is 3.48. The topological polar surface area (TPSA) is 23.5 Å². The standard InChI is InChI=1S/C6H12NO/c1-6(8)3-4-7(2)5-6/h8H,2-5H2,1H3/t6-/m0/s1. The number of likely N-dealkylation sites (tertiary alicyclic amines) is 1. The van der Waals surface area contributed by atoms with Gasteiger partial charge in [-0.3, -0.25) is 4.90 Å². The molecule has 1 N–H and O–H groups in total. The Morgan fingerprint density at radius 3 is 2.50 bits per heavy atom. The van der Waals surface area contributed by atoms with Gasteiger partial charge in [0.2, 0.25) is 0 Å². The van der Waals surface area contributed by atoms with Crippen molar-refractivity contribution in [1.82, 2.24) is 4.90 Å². The van der Waals surface area contributed by atoms with Gasteiger partial charge >= 0.3 is 0 Å². The van der Waals surface area contributed by atoms with Gasteiger partial charge in [0.25, 0.3) is 0 Å². The van der Waals surface area contributed by atoms with Crippen molar-refractivity contribution in [2.75, 3.05) is 13.1 Å². The smallest absolute Gasteiger partial charge is 0.0758 e. The molecule has 8 heavy (non-hydrogen) atoms. The molecule has 1 aliphatic rings. The van der Waals surface area contributed by atoms with Crippen LogP contribution in [0.15, 0.2) is 0 Å². The molecule has 47 valence electrons. The van der Waals surface area contributed by atoms with Gasteiger partial charge in [-0.05, 0) is 13.3 Å². The third kappa shape index (κ3) is 1.20. The average Bonchev–Trinajstić information content (AvgIpc) is 1.82. The second-order valence-corrected chi connectivity index (χ2v) is 2.80. The van der Waals surface area contributed by atoms with E-state index in [2.05, 4.69) is 7.05 Å². The molecule has 0 aromatic rings. The zero-order chi connectivity index (χ0) is 6.20. The third-order valence-corrected chi connectivity index (χ3v) is 1.53. The quantitative estimate of drug-likeness (QED) is 0.487. The Hall–Kier alpha value is -0.0800. The van der Waals surface area contributed by atoms with Crippen LogP contribution in [0.3, 0.4) is 0 Å². The lowest BCUT2D eigenvalue weighted by Crippen LogP contribution is -2.26. The first kappa shape index (κ1) is 6.05. The van der Waals surface area contributed by atoms with Crippen molar-refractivity contribution in [3.63, 3.8) is 0 Å². The highest BCUT2D eigenvalue weighted by Gasteiger charge is 2.28. The van der Waals surface area contributed by atoms with Crippen molar-refractivity contribution >= 4 is 0 Å². The molecule has 0 amide bonds. The summed E-state index contributed by atoms with van der Waals surface area (Å²) in [6.07, 6.45) is 0.858. The second-order valence-electron chi connectivity index (χ2n) is 2.80. The van der Waals surface area contributed by atoms with Crippen LogP contribution in [-0.4, -0.2) is 28.7 Å². The van der Waals surface area contributed by atoms with Crippen molar-refractivity contribution in [2.45, 2.75) is 18.9 Å². The first-order chi connectivity index (χ1) is 3.60. The van der Waals surface area contributed by atoms with E-state index in [1.807, 2.05) is 11.8 Å². The van der Waals surface area contributed by atoms with Crippen LogP contribution in [0.4, 0.5) is 0 Å². The average molecular weight is 114 g/mol. The summed E-state index contributed by atoms with van der Waals surface area (Å²) in [7, 11) is 3.71. The van der Waals surface area contributed by atoms with Gasteiger partial charge in [-0.25, -0.2) is 0 Å². The number of β-amino-alcohol motifs (C(OH)–C–C–N with tert-alkyl or cyclic N) is 1. The molecule has 0 aromatic carbocycles. The summed E-state index contributed by atoms with van der Waals surface area (Å²) in [6, 6.07) is 0. The van der Waals surface area contributed by atoms with E-state index in [0.717, 1.165) is 13.0 Å². The van der Waals surface area contributed by atoms with Crippen molar-refractivity contribution < 1.29 is 5.11 Å². The third-order valence-electron chi connectivity index (χ3n) is 1.53. The Morgan fingerprint density at radius 1 is 1.75 bits per heavy atom. The molecule has 0 saturated carbocycles. The molecule has 1 aliphatic heterocycles. The molecular weight excluding hydrogens is 102 g/mol. The van der Waals surface area contributed by atoms with Gasteiger partial charge in [-0.15, -0.1) is 0 Å². The maximum atomic E-state index is 9.28. The van der Waals surface area contributed by atoms with Crippen LogP contribution >= 0.6 is 0 Å². The molecule has 0 unspecified atom stereocenters. The van der Waals surface area contributed by atoms with E-state index >= 15 is 0 Å². The lowest BCUT2D eigenvalue weighted by molar-refractivity contribution is 0.0735. The molecule has 1 atom stereocenters. The monoisotopic (exact) mass is 114 g/mol. The van der Waals surface area contributed by atoms with Gasteiger partial charge in [0.05, 0.1) is 5.60 Å². The fraction of sp³-hybridized carbons (Fsp3) is 0.833. The highest BCUT2D eigenvalue weighted by atomic mass is 16.3. The Kier molecular flexibility index (Phi) is 1.29. The zero-order valence-corrected chi connectivity index (χ0v) is 5.22. The number of hydrogen-bond donors (Lipinski definition) is 1. The van der Waals surface area contributed by atoms with Gasteiger partial charge in [0.1, 0.15) is 0 Å². The molecule has 2 heteroatoms. The van der Waals surface area contributed by atoms with E-state index in [1.165, 1.54) is 0 Å². The maximum absolute atomic E-state index is 9.28. The molecule has 1 fully saturated rings. The molecule has 1 heterocycles. The molecule has 1 rings (SSSR count). The minimum Gasteiger partial charge on any atom is -0.389 e. The van der Waals surface area contributed by atoms with Crippen LogP contribution in [0, 0.1) is 7.05 Å². The van der Waals surface area contributed by atoms with Crippen LogP contribution in [0.1, 0.15) is 13.3 Å². The second kappa shape index (κ2) is 1.71. The first-order valence-corrected chi connectivity index (χ1v) is 2.88. The van der Waals surface area contributed by atoms with Gasteiger partial charge in [0.15, 0.2) is 0 Å². The number of nitrogens with zero attached hydrogens (tertiary/aromatic N) is 1. The fourth-order valence-corrected chi connectivity index (χ4v) is 1.04. The van der Waals surface area contributed by atoms with Crippen molar-refractivity contribution in [2.24, 2.45) is 0 Å². The van der Waals surface area contributed by atoms with Crippen molar-refractivity contribution in [3.05, 3.63) is 7.05 Å². The van der Waals surface area contributed by atoms with Crippen LogP contribution in [0.5, 0.6) is 0 Å². The fourth-order valence-electron chi connectivity index (χ4n) is 1.04. The van der Waals surface area contributed by atoms with E-state index in [-0.39, 0.29) is 0 Å². The minimum absolute atomic E-state index is 0.470. The van der Waals surface area contributed by atoms with E-state index in [0.29, 0.717) is 6.54 Å². The maximum Gasteiger partial charge on any atom is 0.0758 e. The van der Waals surface area contributed by atoms with E-state index in [9.17, 15) is 5.11 Å². The molecule has 1 saturated heterocycles. The Labute approximate surface area is 50.1 Å². The molecule has 0 spiro atoms. The molecule has 0 aromatic heterocycles. The van der Waals surface area contributed by atoms with Crippen LogP contribution in [-0.2, 0) is 0 Å². The molecule has 0 bridgehead atoms. The summed E-state index contributed by atoms with van der Waals surface area (Å²) in [4.78, 5) is 1.89. The Balaban J connectivity index is 2.44. The van der Waals surface area contributed by atoms with E-state index in [1.54, 1.807) is 0 Å². The van der Waals surface area contributed by atoms with Gasteiger partial charge in [-0.1, -0.05) is 0 Å². The number of aliphatic hydroxyl groups is 1. The minimum atomic E-state index is -0.470. The predicted octanol–water partition coefficient (Wildman–Crippen LogP) is 0.235. The Bertz CT molecular complexity index is 90.5. The van der Waals surface area contributed by atoms with E-state index < -0.39 is 5.60 Å². The van der Waals surface area contributed by atoms with Crippen LogP contribution in [0.2, 0.25) is 0 Å². The van der Waals surface area contributed by atoms with Crippen molar-refractivity contribution in [1.29, 1.82) is 0 Å². The number of rotatable bonds is 0. The number of hydrogen-bond acceptors (Lipinski definition) is 2.